The molecule has 1 amide bonds. The molecule has 0 aromatic carbocycles. The molecule has 0 saturated heterocycles. The van der Waals surface area contributed by atoms with Crippen molar-refractivity contribution in [3.63, 3.8) is 0 Å². The Kier molecular flexibility index (Phi) is 5.25. The summed E-state index contributed by atoms with van der Waals surface area (Å²) in [5.41, 5.74) is 1.41. The molecule has 0 radical (unpaired) electrons. The van der Waals surface area contributed by atoms with Gasteiger partial charge in [-0.2, -0.15) is 16.6 Å². The highest BCUT2D eigenvalue weighted by Gasteiger charge is 2.23. The summed E-state index contributed by atoms with van der Waals surface area (Å²) < 4.78 is 27.2. The van der Waals surface area contributed by atoms with Gasteiger partial charge >= 0.3 is 6.09 Å². The fraction of sp³-hybridized carbons (Fsp3) is 0.118. The van der Waals surface area contributed by atoms with E-state index in [0.29, 0.717) is 23.2 Å². The lowest BCUT2D eigenvalue weighted by molar-refractivity contribution is 0.194. The van der Waals surface area contributed by atoms with E-state index >= 15 is 0 Å². The van der Waals surface area contributed by atoms with Crippen LogP contribution in [0.3, 0.4) is 0 Å². The van der Waals surface area contributed by atoms with Gasteiger partial charge in [-0.3, -0.25) is 0 Å². The Bertz CT molecular complexity index is 1110. The molecule has 0 atom stereocenters. The summed E-state index contributed by atoms with van der Waals surface area (Å²) in [5.74, 6) is 0. The smallest absolute Gasteiger partial charge is 0.404 e. The Morgan fingerprint density at radius 2 is 2.22 bits per heavy atom. The van der Waals surface area contributed by atoms with Crippen molar-refractivity contribution in [2.45, 2.75) is 11.3 Å². The van der Waals surface area contributed by atoms with Gasteiger partial charge in [0.05, 0.1) is 10.6 Å². The molecular weight excluding hydrogens is 388 g/mol. The summed E-state index contributed by atoms with van der Waals surface area (Å²) in [6, 6.07) is 8.35. The second-order valence-corrected chi connectivity index (χ2v) is 8.08. The maximum atomic E-state index is 13.0. The van der Waals surface area contributed by atoms with E-state index in [4.69, 9.17) is 5.11 Å². The van der Waals surface area contributed by atoms with Crippen LogP contribution in [0.1, 0.15) is 11.3 Å². The Labute approximate surface area is 159 Å². The number of hydrogen-bond acceptors (Lipinski definition) is 6. The molecule has 0 fully saturated rings. The molecule has 2 N–H and O–H groups in total. The average Bonchev–Trinajstić information content (AvgIpc) is 3.32. The number of thiophene rings is 1. The fourth-order valence-corrected chi connectivity index (χ4v) is 4.96. The first-order chi connectivity index (χ1) is 12.9. The van der Waals surface area contributed by atoms with Gasteiger partial charge in [-0.05, 0) is 41.6 Å². The van der Waals surface area contributed by atoms with Gasteiger partial charge in [-0.15, -0.1) is 0 Å². The van der Waals surface area contributed by atoms with Gasteiger partial charge in [0.1, 0.15) is 11.8 Å². The molecule has 0 bridgehead atoms. The monoisotopic (exact) mass is 402 g/mol. The molecule has 3 aromatic heterocycles. The standard InChI is InChI=1S/C17H14N4O4S2/c18-9-15-14(2-1-5-19-15)16-8-12(3-6-20-17(22)23)10-21(16)27(24,25)13-4-7-26-11-13/h1-2,4-5,7-8,10-11,20H,3,6H2,(H,22,23). The summed E-state index contributed by atoms with van der Waals surface area (Å²) in [6.45, 7) is 0.134. The number of pyridine rings is 1. The predicted molar refractivity (Wildman–Crippen MR) is 99.0 cm³/mol. The highest BCUT2D eigenvalue weighted by atomic mass is 32.2. The van der Waals surface area contributed by atoms with Crippen LogP contribution < -0.4 is 5.32 Å². The highest BCUT2D eigenvalue weighted by Crippen LogP contribution is 2.29. The molecule has 3 aromatic rings. The van der Waals surface area contributed by atoms with Crippen LogP contribution >= 0.6 is 11.3 Å². The van der Waals surface area contributed by atoms with Crippen molar-refractivity contribution in [3.8, 4) is 17.3 Å². The second-order valence-electron chi connectivity index (χ2n) is 5.49. The van der Waals surface area contributed by atoms with Crippen molar-refractivity contribution in [3.05, 3.63) is 58.7 Å². The largest absolute Gasteiger partial charge is 0.465 e. The SMILES string of the molecule is N#Cc1ncccc1-c1cc(CCNC(=O)O)cn1S(=O)(=O)c1ccsc1. The Morgan fingerprint density at radius 1 is 1.41 bits per heavy atom. The Morgan fingerprint density at radius 3 is 2.89 bits per heavy atom. The summed E-state index contributed by atoms with van der Waals surface area (Å²) >= 11 is 1.26. The quantitative estimate of drug-likeness (QED) is 0.653. The maximum absolute atomic E-state index is 13.0. The molecule has 27 heavy (non-hydrogen) atoms. The number of nitrogens with one attached hydrogen (secondary N) is 1. The van der Waals surface area contributed by atoms with E-state index in [1.54, 1.807) is 23.6 Å². The predicted octanol–water partition coefficient (Wildman–Crippen LogP) is 2.53. The van der Waals surface area contributed by atoms with Gasteiger partial charge in [-0.1, -0.05) is 0 Å². The topological polar surface area (TPSA) is 125 Å². The van der Waals surface area contributed by atoms with Crippen molar-refractivity contribution in [2.75, 3.05) is 6.54 Å². The zero-order valence-electron chi connectivity index (χ0n) is 13.9. The molecular formula is C17H14N4O4S2. The summed E-state index contributed by atoms with van der Waals surface area (Å²) in [7, 11) is -3.87. The van der Waals surface area contributed by atoms with Crippen LogP contribution in [0.15, 0.2) is 52.3 Å². The minimum Gasteiger partial charge on any atom is -0.465 e. The molecule has 3 heterocycles. The number of rotatable bonds is 6. The second kappa shape index (κ2) is 7.61. The number of hydrogen-bond donors (Lipinski definition) is 2. The lowest BCUT2D eigenvalue weighted by atomic mass is 10.1. The van der Waals surface area contributed by atoms with Crippen LogP contribution in [-0.2, 0) is 16.4 Å². The van der Waals surface area contributed by atoms with E-state index in [0.717, 1.165) is 3.97 Å². The number of aromatic nitrogens is 2. The summed E-state index contributed by atoms with van der Waals surface area (Å²) in [4.78, 5) is 14.8. The third-order valence-corrected chi connectivity index (χ3v) is 6.28. The minimum absolute atomic E-state index is 0.104. The van der Waals surface area contributed by atoms with Gasteiger partial charge in [0.2, 0.25) is 0 Å². The fourth-order valence-electron chi connectivity index (χ4n) is 2.56. The maximum Gasteiger partial charge on any atom is 0.404 e. The molecule has 0 aliphatic heterocycles. The molecule has 3 rings (SSSR count). The lowest BCUT2D eigenvalue weighted by Gasteiger charge is -2.10. The number of nitriles is 1. The van der Waals surface area contributed by atoms with Gasteiger partial charge in [0.15, 0.2) is 0 Å². The third kappa shape index (κ3) is 3.84. The first-order valence-electron chi connectivity index (χ1n) is 7.75. The lowest BCUT2D eigenvalue weighted by Crippen LogP contribution is -2.23. The van der Waals surface area contributed by atoms with Crippen LogP contribution in [-0.4, -0.2) is 35.1 Å². The van der Waals surface area contributed by atoms with E-state index in [1.807, 2.05) is 6.07 Å². The van der Waals surface area contributed by atoms with E-state index in [9.17, 15) is 18.5 Å². The van der Waals surface area contributed by atoms with E-state index in [2.05, 4.69) is 10.3 Å². The molecule has 0 unspecified atom stereocenters. The van der Waals surface area contributed by atoms with E-state index in [1.165, 1.54) is 35.2 Å². The van der Waals surface area contributed by atoms with Crippen molar-refractivity contribution >= 4 is 27.5 Å². The third-order valence-electron chi connectivity index (χ3n) is 3.77. The number of carbonyl (C=O) groups is 1. The minimum atomic E-state index is -3.87. The number of amides is 1. The molecule has 0 aliphatic rings. The van der Waals surface area contributed by atoms with E-state index in [-0.39, 0.29) is 17.1 Å². The Hall–Kier alpha value is -3.16. The summed E-state index contributed by atoms with van der Waals surface area (Å²) in [6.07, 6.45) is 2.05. The normalized spacial score (nSPS) is 11.1. The Balaban J connectivity index is 2.12. The van der Waals surface area contributed by atoms with Crippen LogP contribution in [0, 0.1) is 11.3 Å². The molecule has 8 nitrogen and oxygen atoms in total. The van der Waals surface area contributed by atoms with Gasteiger partial charge in [0, 0.05) is 29.9 Å². The first-order valence-corrected chi connectivity index (χ1v) is 10.1. The van der Waals surface area contributed by atoms with Crippen LogP contribution in [0.5, 0.6) is 0 Å². The number of nitrogens with zero attached hydrogens (tertiary/aromatic N) is 3. The van der Waals surface area contributed by atoms with Crippen molar-refractivity contribution in [1.29, 1.82) is 5.26 Å². The van der Waals surface area contributed by atoms with Crippen molar-refractivity contribution in [2.24, 2.45) is 0 Å². The zero-order valence-corrected chi connectivity index (χ0v) is 15.5. The van der Waals surface area contributed by atoms with Gasteiger partial charge < -0.3 is 10.4 Å². The molecule has 10 heteroatoms. The van der Waals surface area contributed by atoms with E-state index < -0.39 is 16.1 Å². The molecule has 0 spiro atoms. The average molecular weight is 402 g/mol. The van der Waals surface area contributed by atoms with Gasteiger partial charge in [-0.25, -0.2) is 22.2 Å². The summed E-state index contributed by atoms with van der Waals surface area (Å²) in [5, 5.41) is 23.5. The first kappa shape index (κ1) is 18.6. The molecule has 138 valence electrons. The number of carboxylic acid groups (broad SMARTS) is 1. The highest BCUT2D eigenvalue weighted by molar-refractivity contribution is 7.90. The van der Waals surface area contributed by atoms with Crippen LogP contribution in [0.25, 0.3) is 11.3 Å². The molecule has 0 saturated carbocycles. The van der Waals surface area contributed by atoms with Crippen LogP contribution in [0.2, 0.25) is 0 Å². The molecule has 0 aliphatic carbocycles. The van der Waals surface area contributed by atoms with Crippen molar-refractivity contribution in [1.82, 2.24) is 14.3 Å². The van der Waals surface area contributed by atoms with Crippen LogP contribution in [0.4, 0.5) is 4.79 Å². The zero-order chi connectivity index (χ0) is 19.4. The van der Waals surface area contributed by atoms with Crippen molar-refractivity contribution < 1.29 is 18.3 Å². The van der Waals surface area contributed by atoms with Gasteiger partial charge in [0.25, 0.3) is 10.0 Å².